The van der Waals surface area contributed by atoms with Crippen LogP contribution in [0.4, 0.5) is 0 Å². The number of hydrogen-bond acceptors (Lipinski definition) is 1. The van der Waals surface area contributed by atoms with Crippen molar-refractivity contribution in [1.29, 1.82) is 0 Å². The Morgan fingerprint density at radius 2 is 1.88 bits per heavy atom. The van der Waals surface area contributed by atoms with Crippen LogP contribution in [0.5, 0.6) is 5.75 Å². The van der Waals surface area contributed by atoms with Crippen LogP contribution in [0.25, 0.3) is 0 Å². The van der Waals surface area contributed by atoms with E-state index in [0.29, 0.717) is 11.7 Å². The summed E-state index contributed by atoms with van der Waals surface area (Å²) in [5, 5.41) is 9.95. The van der Waals surface area contributed by atoms with E-state index in [0.717, 1.165) is 17.9 Å². The molecule has 0 atom stereocenters. The molecule has 0 amide bonds. The summed E-state index contributed by atoms with van der Waals surface area (Å²) in [6.45, 7) is 4.41. The van der Waals surface area contributed by atoms with Crippen molar-refractivity contribution < 1.29 is 5.11 Å². The van der Waals surface area contributed by atoms with E-state index in [2.05, 4.69) is 19.9 Å². The Labute approximate surface area is 105 Å². The van der Waals surface area contributed by atoms with Gasteiger partial charge in [-0.15, -0.1) is 0 Å². The van der Waals surface area contributed by atoms with E-state index >= 15 is 0 Å². The number of benzene rings is 1. The van der Waals surface area contributed by atoms with Crippen LogP contribution in [0.3, 0.4) is 0 Å². The molecule has 1 aliphatic rings. The van der Waals surface area contributed by atoms with E-state index in [-0.39, 0.29) is 0 Å². The summed E-state index contributed by atoms with van der Waals surface area (Å²) < 4.78 is 0. The first-order valence-corrected chi connectivity index (χ1v) is 6.98. The molecule has 0 saturated heterocycles. The molecule has 1 heteroatoms. The van der Waals surface area contributed by atoms with E-state index < -0.39 is 0 Å². The molecular weight excluding hydrogens is 208 g/mol. The van der Waals surface area contributed by atoms with Crippen molar-refractivity contribution in [2.45, 2.75) is 58.3 Å². The molecule has 0 heterocycles. The lowest BCUT2D eigenvalue weighted by molar-refractivity contribution is 0.351. The van der Waals surface area contributed by atoms with Crippen molar-refractivity contribution in [3.05, 3.63) is 29.3 Å². The van der Waals surface area contributed by atoms with Gasteiger partial charge in [-0.3, -0.25) is 0 Å². The van der Waals surface area contributed by atoms with Gasteiger partial charge in [0.1, 0.15) is 5.75 Å². The number of aromatic hydroxyl groups is 1. The van der Waals surface area contributed by atoms with Gasteiger partial charge < -0.3 is 5.11 Å². The molecule has 0 unspecified atom stereocenters. The van der Waals surface area contributed by atoms with Crippen LogP contribution in [0.15, 0.2) is 18.2 Å². The van der Waals surface area contributed by atoms with Gasteiger partial charge in [0, 0.05) is 0 Å². The minimum Gasteiger partial charge on any atom is -0.508 e. The summed E-state index contributed by atoms with van der Waals surface area (Å²) in [6, 6.07) is 6.12. The van der Waals surface area contributed by atoms with E-state index in [1.807, 2.05) is 12.1 Å². The van der Waals surface area contributed by atoms with Crippen LogP contribution in [0.2, 0.25) is 0 Å². The van der Waals surface area contributed by atoms with E-state index in [4.69, 9.17) is 0 Å². The summed E-state index contributed by atoms with van der Waals surface area (Å²) in [4.78, 5) is 0. The summed E-state index contributed by atoms with van der Waals surface area (Å²) >= 11 is 0. The third-order valence-electron chi connectivity index (χ3n) is 4.00. The van der Waals surface area contributed by atoms with Crippen molar-refractivity contribution in [2.24, 2.45) is 5.92 Å². The molecule has 1 aromatic rings. The van der Waals surface area contributed by atoms with Crippen LogP contribution in [-0.2, 0) is 6.42 Å². The van der Waals surface area contributed by atoms with Gasteiger partial charge in [-0.25, -0.2) is 0 Å². The zero-order valence-electron chi connectivity index (χ0n) is 11.1. The van der Waals surface area contributed by atoms with Gasteiger partial charge in [0.25, 0.3) is 0 Å². The average Bonchev–Trinajstić information content (AvgIpc) is 2.33. The van der Waals surface area contributed by atoms with Crippen LogP contribution < -0.4 is 0 Å². The number of phenolic OH excluding ortho intramolecular Hbond substituents is 1. The summed E-state index contributed by atoms with van der Waals surface area (Å²) in [6.07, 6.45) is 7.88. The monoisotopic (exact) mass is 232 g/mol. The molecule has 2 rings (SSSR count). The van der Waals surface area contributed by atoms with E-state index in [1.54, 1.807) is 0 Å². The third kappa shape index (κ3) is 3.24. The standard InChI is InChI=1S/C16H24O/c1-12(2)14-8-9-16(17)15(11-14)10-13-6-4-3-5-7-13/h8-9,11-13,17H,3-7,10H2,1-2H3. The third-order valence-corrected chi connectivity index (χ3v) is 4.00. The Morgan fingerprint density at radius 3 is 2.53 bits per heavy atom. The molecule has 17 heavy (non-hydrogen) atoms. The average molecular weight is 232 g/mol. The van der Waals surface area contributed by atoms with Crippen LogP contribution in [0, 0.1) is 5.92 Å². The van der Waals surface area contributed by atoms with Gasteiger partial charge in [0.15, 0.2) is 0 Å². The fourth-order valence-corrected chi connectivity index (χ4v) is 2.83. The molecule has 94 valence electrons. The smallest absolute Gasteiger partial charge is 0.118 e. The number of hydrogen-bond donors (Lipinski definition) is 1. The summed E-state index contributed by atoms with van der Waals surface area (Å²) in [5.41, 5.74) is 2.50. The quantitative estimate of drug-likeness (QED) is 0.805. The summed E-state index contributed by atoms with van der Waals surface area (Å²) in [7, 11) is 0. The first-order valence-electron chi connectivity index (χ1n) is 6.98. The Morgan fingerprint density at radius 1 is 1.18 bits per heavy atom. The second-order valence-electron chi connectivity index (χ2n) is 5.75. The molecular formula is C16H24O. The molecule has 1 saturated carbocycles. The van der Waals surface area contributed by atoms with Crippen molar-refractivity contribution in [3.8, 4) is 5.75 Å². The lowest BCUT2D eigenvalue weighted by atomic mass is 9.84. The molecule has 0 spiro atoms. The van der Waals surface area contributed by atoms with Gasteiger partial charge >= 0.3 is 0 Å². The van der Waals surface area contributed by atoms with Crippen molar-refractivity contribution in [2.75, 3.05) is 0 Å². The Bertz CT molecular complexity index is 362. The molecule has 1 fully saturated rings. The second kappa shape index (κ2) is 5.57. The highest BCUT2D eigenvalue weighted by atomic mass is 16.3. The maximum Gasteiger partial charge on any atom is 0.118 e. The topological polar surface area (TPSA) is 20.2 Å². The van der Waals surface area contributed by atoms with E-state index in [1.165, 1.54) is 37.7 Å². The summed E-state index contributed by atoms with van der Waals surface area (Å²) in [5.74, 6) is 1.82. The van der Waals surface area contributed by atoms with Gasteiger partial charge in [-0.2, -0.15) is 0 Å². The molecule has 1 nitrogen and oxygen atoms in total. The zero-order chi connectivity index (χ0) is 12.3. The first kappa shape index (κ1) is 12.5. The maximum absolute atomic E-state index is 9.95. The fourth-order valence-electron chi connectivity index (χ4n) is 2.83. The predicted octanol–water partition coefficient (Wildman–Crippen LogP) is 4.64. The molecule has 1 aliphatic carbocycles. The van der Waals surface area contributed by atoms with Gasteiger partial charge in [0.2, 0.25) is 0 Å². The van der Waals surface area contributed by atoms with Gasteiger partial charge in [-0.05, 0) is 35.4 Å². The Balaban J connectivity index is 2.10. The fraction of sp³-hybridized carbons (Fsp3) is 0.625. The normalized spacial score (nSPS) is 17.6. The van der Waals surface area contributed by atoms with Crippen molar-refractivity contribution in [3.63, 3.8) is 0 Å². The zero-order valence-corrected chi connectivity index (χ0v) is 11.1. The highest BCUT2D eigenvalue weighted by Gasteiger charge is 2.16. The lowest BCUT2D eigenvalue weighted by Crippen LogP contribution is -2.09. The van der Waals surface area contributed by atoms with Crippen molar-refractivity contribution >= 4 is 0 Å². The van der Waals surface area contributed by atoms with Crippen LogP contribution in [-0.4, -0.2) is 5.11 Å². The second-order valence-corrected chi connectivity index (χ2v) is 5.75. The Hall–Kier alpha value is -0.980. The minimum absolute atomic E-state index is 0.486. The highest BCUT2D eigenvalue weighted by Crippen LogP contribution is 2.31. The highest BCUT2D eigenvalue weighted by molar-refractivity contribution is 5.37. The molecule has 0 aromatic heterocycles. The van der Waals surface area contributed by atoms with Gasteiger partial charge in [-0.1, -0.05) is 58.1 Å². The number of rotatable bonds is 3. The molecule has 0 bridgehead atoms. The molecule has 0 radical (unpaired) electrons. The maximum atomic E-state index is 9.95. The lowest BCUT2D eigenvalue weighted by Gasteiger charge is -2.22. The molecule has 1 aromatic carbocycles. The van der Waals surface area contributed by atoms with Crippen molar-refractivity contribution in [1.82, 2.24) is 0 Å². The molecule has 1 N–H and O–H groups in total. The van der Waals surface area contributed by atoms with Gasteiger partial charge in [0.05, 0.1) is 0 Å². The predicted molar refractivity (Wildman–Crippen MR) is 72.5 cm³/mol. The first-order chi connectivity index (χ1) is 8.16. The largest absolute Gasteiger partial charge is 0.508 e. The number of phenols is 1. The molecule has 0 aliphatic heterocycles. The Kier molecular flexibility index (Phi) is 4.09. The van der Waals surface area contributed by atoms with E-state index in [9.17, 15) is 5.11 Å². The van der Waals surface area contributed by atoms with Crippen LogP contribution >= 0.6 is 0 Å². The minimum atomic E-state index is 0.486. The SMILES string of the molecule is CC(C)c1ccc(O)c(CC2CCCCC2)c1. The van der Waals surface area contributed by atoms with Crippen LogP contribution in [0.1, 0.15) is 63.0 Å².